The highest BCUT2D eigenvalue weighted by Gasteiger charge is 2.66. The zero-order valence-corrected chi connectivity index (χ0v) is 36.1. The summed E-state index contributed by atoms with van der Waals surface area (Å²) in [5.74, 6) is -8.78. The average Bonchev–Trinajstić information content (AvgIpc) is 3.18. The lowest BCUT2D eigenvalue weighted by atomic mass is 9.94. The molecule has 8 atom stereocenters. The van der Waals surface area contributed by atoms with Crippen LogP contribution in [0.15, 0.2) is 16.3 Å². The number of nitrogens with one attached hydrogen (secondary N) is 7. The van der Waals surface area contributed by atoms with Gasteiger partial charge in [0.2, 0.25) is 53.4 Å². The van der Waals surface area contributed by atoms with Crippen molar-refractivity contribution < 1.29 is 67.7 Å². The number of carboxylic acids is 1. The number of carboxylic acid groups (broad SMARTS) is 1. The van der Waals surface area contributed by atoms with Crippen molar-refractivity contribution in [3.05, 3.63) is 11.3 Å². The van der Waals surface area contributed by atoms with Crippen LogP contribution in [-0.4, -0.2) is 153 Å². The number of primary amides is 1. The van der Waals surface area contributed by atoms with Gasteiger partial charge in [0.25, 0.3) is 5.91 Å². The Kier molecular flexibility index (Phi) is 20.2. The minimum absolute atomic E-state index is 0.0142. The molecule has 2 aliphatic rings. The van der Waals surface area contributed by atoms with Crippen molar-refractivity contribution in [3.63, 3.8) is 0 Å². The van der Waals surface area contributed by atoms with Crippen molar-refractivity contribution in [3.8, 4) is 0 Å². The molecule has 0 bridgehead atoms. The fourth-order valence-electron chi connectivity index (χ4n) is 6.29. The molecule has 9 amide bonds. The predicted octanol–water partition coefficient (Wildman–Crippen LogP) is -5.67. The van der Waals surface area contributed by atoms with Gasteiger partial charge in [0.05, 0.1) is 18.6 Å². The first-order chi connectivity index (χ1) is 29.4. The molecule has 0 aliphatic carbocycles. The molecule has 0 aromatic heterocycles. The van der Waals surface area contributed by atoms with Crippen LogP contribution in [0.1, 0.15) is 73.1 Å². The SMILES string of the molecule is CC(=O)NC(C)C(=O)NC(C)C(=O)NC(C)C(=O)NC(CCCN=C(N)N)C(O)CC(=O)OCC1=C(C(=O)O)N2C(=O)C(NC=O)(NC(=O)CCCC(NC(C)=O)C(N)=O)C2SC1. The van der Waals surface area contributed by atoms with Crippen LogP contribution in [-0.2, 0) is 57.5 Å². The van der Waals surface area contributed by atoms with Crippen molar-refractivity contribution in [2.45, 2.75) is 120 Å². The van der Waals surface area contributed by atoms with E-state index in [2.05, 4.69) is 42.2 Å². The van der Waals surface area contributed by atoms with Gasteiger partial charge in [-0.2, -0.15) is 0 Å². The highest BCUT2D eigenvalue weighted by Crippen LogP contribution is 2.45. The quantitative estimate of drug-likeness (QED) is 0.00732. The third kappa shape index (κ3) is 15.4. The molecule has 0 aromatic rings. The molecule has 2 rings (SSSR count). The molecule has 1 fully saturated rings. The maximum Gasteiger partial charge on any atom is 0.352 e. The topological polar surface area (TPSA) is 415 Å². The molecule has 1 saturated heterocycles. The monoisotopic (exact) mass is 912 g/mol. The van der Waals surface area contributed by atoms with Crippen LogP contribution in [0.2, 0.25) is 0 Å². The van der Waals surface area contributed by atoms with Gasteiger partial charge >= 0.3 is 11.9 Å². The second-order valence-corrected chi connectivity index (χ2v) is 15.7. The summed E-state index contributed by atoms with van der Waals surface area (Å²) >= 11 is 0.936. The van der Waals surface area contributed by atoms with Crippen molar-refractivity contribution >= 4 is 83.3 Å². The lowest BCUT2D eigenvalue weighted by Gasteiger charge is -2.56. The van der Waals surface area contributed by atoms with Crippen LogP contribution in [0.4, 0.5) is 0 Å². The lowest BCUT2D eigenvalue weighted by molar-refractivity contribution is -0.162. The van der Waals surface area contributed by atoms with Crippen LogP contribution in [0, 0.1) is 0 Å². The summed E-state index contributed by atoms with van der Waals surface area (Å²) in [7, 11) is 0. The molecule has 0 aromatic carbocycles. The van der Waals surface area contributed by atoms with E-state index in [9.17, 15) is 63.0 Å². The number of aliphatic imine (C=N–C) groups is 1. The van der Waals surface area contributed by atoms with Crippen LogP contribution < -0.4 is 54.4 Å². The van der Waals surface area contributed by atoms with Crippen molar-refractivity contribution in [1.82, 2.24) is 42.1 Å². The number of nitrogens with two attached hydrogens (primary N) is 3. The Balaban J connectivity index is 2.12. The normalized spacial score (nSPS) is 19.4. The third-order valence-electron chi connectivity index (χ3n) is 9.46. The summed E-state index contributed by atoms with van der Waals surface area (Å²) in [6.45, 7) is 5.91. The maximum absolute atomic E-state index is 13.5. The van der Waals surface area contributed by atoms with Gasteiger partial charge in [0.1, 0.15) is 41.8 Å². The van der Waals surface area contributed by atoms with E-state index in [4.69, 9.17) is 21.9 Å². The van der Waals surface area contributed by atoms with E-state index in [1.54, 1.807) is 0 Å². The zero-order valence-electron chi connectivity index (χ0n) is 35.3. The lowest BCUT2D eigenvalue weighted by Crippen LogP contribution is -2.85. The smallest absolute Gasteiger partial charge is 0.352 e. The van der Waals surface area contributed by atoms with E-state index in [0.29, 0.717) is 0 Å². The van der Waals surface area contributed by atoms with Gasteiger partial charge < -0.3 is 69.4 Å². The number of guanidine groups is 1. The molecule has 26 nitrogen and oxygen atoms in total. The number of carbonyl (C=O) groups is 11. The molecule has 0 radical (unpaired) electrons. The number of thioether (sulfide) groups is 1. The summed E-state index contributed by atoms with van der Waals surface area (Å²) in [6.07, 6.45) is -2.20. The number of carbonyl (C=O) groups excluding carboxylic acids is 10. The number of hydrogen-bond donors (Lipinski definition) is 12. The Bertz CT molecular complexity index is 1860. The highest BCUT2D eigenvalue weighted by atomic mass is 32.2. The number of aliphatic hydroxyl groups excluding tert-OH is 1. The Labute approximate surface area is 365 Å². The number of esters is 1. The Morgan fingerprint density at radius 1 is 0.889 bits per heavy atom. The number of nitrogens with zero attached hydrogens (tertiary/aromatic N) is 2. The largest absolute Gasteiger partial charge is 0.477 e. The highest BCUT2D eigenvalue weighted by molar-refractivity contribution is 8.00. The van der Waals surface area contributed by atoms with Crippen LogP contribution >= 0.6 is 11.8 Å². The number of hydrogen-bond acceptors (Lipinski definition) is 15. The number of aliphatic carboxylic acids is 1. The Morgan fingerprint density at radius 3 is 1.98 bits per heavy atom. The van der Waals surface area contributed by atoms with Crippen molar-refractivity contribution in [1.29, 1.82) is 0 Å². The third-order valence-corrected chi connectivity index (χ3v) is 10.9. The van der Waals surface area contributed by atoms with Gasteiger partial charge in [-0.15, -0.1) is 11.8 Å². The summed E-state index contributed by atoms with van der Waals surface area (Å²) in [5.41, 5.74) is 13.4. The second kappa shape index (κ2) is 24.2. The van der Waals surface area contributed by atoms with E-state index in [1.807, 2.05) is 0 Å². The predicted molar refractivity (Wildman–Crippen MR) is 220 cm³/mol. The van der Waals surface area contributed by atoms with E-state index >= 15 is 0 Å². The number of amides is 9. The van der Waals surface area contributed by atoms with Crippen molar-refractivity contribution in [2.75, 3.05) is 18.9 Å². The van der Waals surface area contributed by atoms with Gasteiger partial charge in [0.15, 0.2) is 5.96 Å². The summed E-state index contributed by atoms with van der Waals surface area (Å²) in [5, 5.41) is 36.9. The molecule has 2 heterocycles. The average molecular weight is 913 g/mol. The molecule has 15 N–H and O–H groups in total. The fourth-order valence-corrected chi connectivity index (χ4v) is 7.70. The molecule has 350 valence electrons. The van der Waals surface area contributed by atoms with Gasteiger partial charge in [-0.3, -0.25) is 57.8 Å². The van der Waals surface area contributed by atoms with E-state index in [-0.39, 0.29) is 62.3 Å². The molecule has 0 spiro atoms. The van der Waals surface area contributed by atoms with Gasteiger partial charge in [-0.1, -0.05) is 0 Å². The first-order valence-corrected chi connectivity index (χ1v) is 20.6. The fraction of sp³-hybridized carbons (Fsp3) is 0.611. The van der Waals surface area contributed by atoms with E-state index < -0.39 is 125 Å². The first-order valence-electron chi connectivity index (χ1n) is 19.5. The first kappa shape index (κ1) is 52.6. The van der Waals surface area contributed by atoms with Gasteiger partial charge in [-0.05, 0) is 46.5 Å². The summed E-state index contributed by atoms with van der Waals surface area (Å²) in [6, 6.07) is -5.47. The molecule has 8 unspecified atom stereocenters. The van der Waals surface area contributed by atoms with Gasteiger partial charge in [0, 0.05) is 38.1 Å². The van der Waals surface area contributed by atoms with E-state index in [1.165, 1.54) is 34.6 Å². The number of β-lactam (4-membered cyclic amide) rings is 1. The van der Waals surface area contributed by atoms with E-state index in [0.717, 1.165) is 16.7 Å². The van der Waals surface area contributed by atoms with Crippen molar-refractivity contribution in [2.24, 2.45) is 22.2 Å². The number of fused-ring (bicyclic) bond motifs is 1. The number of ether oxygens (including phenoxy) is 1. The summed E-state index contributed by atoms with van der Waals surface area (Å²) < 4.78 is 5.30. The van der Waals surface area contributed by atoms with Gasteiger partial charge in [-0.25, -0.2) is 4.79 Å². The molecule has 63 heavy (non-hydrogen) atoms. The van der Waals surface area contributed by atoms with Crippen LogP contribution in [0.25, 0.3) is 0 Å². The van der Waals surface area contributed by atoms with Crippen LogP contribution in [0.5, 0.6) is 0 Å². The molecular weight excluding hydrogens is 857 g/mol. The van der Waals surface area contributed by atoms with Crippen LogP contribution in [0.3, 0.4) is 0 Å². The summed E-state index contributed by atoms with van der Waals surface area (Å²) in [4.78, 5) is 141. The Hall–Kier alpha value is -6.51. The second-order valence-electron chi connectivity index (χ2n) is 14.6. The molecular formula is C36H56N12O14S. The standard InChI is InChI=1S/C36H56N12O14S/c1-16(42-19(4)50)29(56)43-17(2)30(57)44-18(3)31(58)46-22(9-7-11-40-35(38)39)24(52)12-26(54)62-13-21-14-63-34-36(41-15-49,33(61)48(34)27(21)32(59)60)47-25(53)10-6-8-23(28(37)55)45-20(5)51/h15-18,22-24,34,52H,6-14H2,1-5H3,(H2,37,55)(H,41,49)(H,42,50)(H,43,56)(H,44,57)(H,45,51)(H,46,58)(H,47,53)(H,59,60)(H4,38,39,40). The molecule has 27 heteroatoms. The maximum atomic E-state index is 13.5. The number of rotatable bonds is 26. The minimum atomic E-state index is -2.06. The zero-order chi connectivity index (χ0) is 47.8. The Morgan fingerprint density at radius 2 is 1.46 bits per heavy atom. The number of aliphatic hydroxyl groups is 1. The molecule has 2 aliphatic heterocycles. The molecule has 0 saturated carbocycles. The minimum Gasteiger partial charge on any atom is -0.477 e.